The van der Waals surface area contributed by atoms with Crippen molar-refractivity contribution in [2.24, 2.45) is 0 Å². The molecular weight excluding hydrogens is 258 g/mol. The summed E-state index contributed by atoms with van der Waals surface area (Å²) in [4.78, 5) is 0.326. The van der Waals surface area contributed by atoms with E-state index in [0.717, 1.165) is 24.8 Å². The fourth-order valence-corrected chi connectivity index (χ4v) is 2.65. The minimum atomic E-state index is -3.36. The molecule has 0 fully saturated rings. The summed E-state index contributed by atoms with van der Waals surface area (Å²) < 4.78 is 26.5. The fraction of sp³-hybridized carbons (Fsp3) is 0.400. The van der Waals surface area contributed by atoms with Crippen molar-refractivity contribution in [3.63, 3.8) is 0 Å². The highest BCUT2D eigenvalue weighted by molar-refractivity contribution is 7.89. The van der Waals surface area contributed by atoms with Gasteiger partial charge >= 0.3 is 0 Å². The zero-order valence-corrected chi connectivity index (χ0v) is 12.3. The molecule has 0 unspecified atom stereocenters. The molecule has 0 saturated carbocycles. The van der Waals surface area contributed by atoms with Gasteiger partial charge in [0.1, 0.15) is 0 Å². The second kappa shape index (κ2) is 7.95. The first-order valence-electron chi connectivity index (χ1n) is 6.48. The van der Waals surface area contributed by atoms with Crippen LogP contribution >= 0.6 is 0 Å². The monoisotopic (exact) mass is 279 g/mol. The van der Waals surface area contributed by atoms with E-state index in [1.807, 2.05) is 26.0 Å². The Labute approximate surface area is 116 Å². The zero-order chi connectivity index (χ0) is 14.1. The summed E-state index contributed by atoms with van der Waals surface area (Å²) in [6.45, 7) is 4.33. The van der Waals surface area contributed by atoms with Crippen LogP contribution in [0.25, 0.3) is 0 Å². The van der Waals surface area contributed by atoms with E-state index >= 15 is 0 Å². The zero-order valence-electron chi connectivity index (χ0n) is 11.5. The smallest absolute Gasteiger partial charge is 0.211 e. The maximum Gasteiger partial charge on any atom is 0.240 e. The van der Waals surface area contributed by atoms with E-state index in [1.165, 1.54) is 0 Å². The number of hydrogen-bond donors (Lipinski definition) is 1. The maximum absolute atomic E-state index is 11.9. The first-order valence-corrected chi connectivity index (χ1v) is 7.96. The molecule has 1 rings (SSSR count). The van der Waals surface area contributed by atoms with Gasteiger partial charge in [0.05, 0.1) is 4.90 Å². The van der Waals surface area contributed by atoms with Gasteiger partial charge in [-0.25, -0.2) is 13.1 Å². The standard InChI is InChI=1S/C15H21NO2S/c1-3-4-5-6-7-8-13-16-19(17,18)15-11-9-14(2)10-12-15/h3,5,9-12,16H,6-8,13H2,1-2H3. The van der Waals surface area contributed by atoms with Crippen molar-refractivity contribution in [1.82, 2.24) is 4.72 Å². The molecule has 0 radical (unpaired) electrons. The highest BCUT2D eigenvalue weighted by Gasteiger charge is 2.11. The molecule has 19 heavy (non-hydrogen) atoms. The number of benzene rings is 1. The van der Waals surface area contributed by atoms with Gasteiger partial charge in [-0.2, -0.15) is 0 Å². The van der Waals surface area contributed by atoms with Crippen LogP contribution in [0.15, 0.2) is 47.0 Å². The summed E-state index contributed by atoms with van der Waals surface area (Å²) in [6.07, 6.45) is 6.54. The van der Waals surface area contributed by atoms with Crippen molar-refractivity contribution in [3.05, 3.63) is 47.7 Å². The molecule has 0 heterocycles. The molecule has 4 heteroatoms. The number of unbranched alkanes of at least 4 members (excludes halogenated alkanes) is 2. The highest BCUT2D eigenvalue weighted by Crippen LogP contribution is 2.09. The molecule has 0 aliphatic heterocycles. The van der Waals surface area contributed by atoms with Crippen molar-refractivity contribution in [2.75, 3.05) is 6.54 Å². The predicted molar refractivity (Wildman–Crippen MR) is 78.5 cm³/mol. The molecule has 1 aromatic carbocycles. The van der Waals surface area contributed by atoms with Gasteiger partial charge in [0.25, 0.3) is 0 Å². The quantitative estimate of drug-likeness (QED) is 0.615. The molecule has 1 N–H and O–H groups in total. The molecule has 1 aromatic rings. The van der Waals surface area contributed by atoms with E-state index in [4.69, 9.17) is 0 Å². The number of allylic oxidation sites excluding steroid dienone is 1. The van der Waals surface area contributed by atoms with E-state index in [2.05, 4.69) is 10.5 Å². The summed E-state index contributed by atoms with van der Waals surface area (Å²) in [6, 6.07) is 6.87. The van der Waals surface area contributed by atoms with Gasteiger partial charge in [0, 0.05) is 6.54 Å². The number of hydrogen-bond acceptors (Lipinski definition) is 2. The van der Waals surface area contributed by atoms with E-state index in [1.54, 1.807) is 24.3 Å². The third kappa shape index (κ3) is 5.88. The second-order valence-corrected chi connectivity index (χ2v) is 6.13. The van der Waals surface area contributed by atoms with E-state index in [9.17, 15) is 8.42 Å². The molecule has 0 aliphatic rings. The number of sulfonamides is 1. The third-order valence-corrected chi connectivity index (χ3v) is 4.16. The van der Waals surface area contributed by atoms with Gasteiger partial charge < -0.3 is 0 Å². The van der Waals surface area contributed by atoms with Crippen LogP contribution < -0.4 is 4.72 Å². The molecule has 0 aliphatic carbocycles. The fourth-order valence-electron chi connectivity index (χ4n) is 1.58. The lowest BCUT2D eigenvalue weighted by Crippen LogP contribution is -2.24. The van der Waals surface area contributed by atoms with Crippen molar-refractivity contribution < 1.29 is 8.42 Å². The topological polar surface area (TPSA) is 46.2 Å². The summed E-state index contributed by atoms with van der Waals surface area (Å²) in [7, 11) is -3.36. The lowest BCUT2D eigenvalue weighted by atomic mass is 10.2. The van der Waals surface area contributed by atoms with E-state index in [-0.39, 0.29) is 0 Å². The Morgan fingerprint density at radius 1 is 1.21 bits per heavy atom. The van der Waals surface area contributed by atoms with Crippen LogP contribution in [0.5, 0.6) is 0 Å². The second-order valence-electron chi connectivity index (χ2n) is 4.37. The average Bonchev–Trinajstić information content (AvgIpc) is 2.38. The maximum atomic E-state index is 11.9. The summed E-state index contributed by atoms with van der Waals surface area (Å²) >= 11 is 0. The summed E-state index contributed by atoms with van der Waals surface area (Å²) in [5, 5.41) is 0. The van der Waals surface area contributed by atoms with Gasteiger partial charge in [-0.3, -0.25) is 0 Å². The highest BCUT2D eigenvalue weighted by atomic mass is 32.2. The Hall–Kier alpha value is -1.35. The van der Waals surface area contributed by atoms with Gasteiger partial charge in [-0.05, 0) is 57.4 Å². The molecule has 104 valence electrons. The van der Waals surface area contributed by atoms with Crippen molar-refractivity contribution >= 4 is 10.0 Å². The van der Waals surface area contributed by atoms with E-state index in [0.29, 0.717) is 11.4 Å². The van der Waals surface area contributed by atoms with Crippen molar-refractivity contribution in [3.8, 4) is 0 Å². The SMILES string of the molecule is CC=C=CCCCCNS(=O)(=O)c1ccc(C)cc1. The van der Waals surface area contributed by atoms with Crippen LogP contribution in [-0.4, -0.2) is 15.0 Å². The Bertz CT molecular complexity index is 538. The molecule has 0 saturated heterocycles. The minimum Gasteiger partial charge on any atom is -0.211 e. The van der Waals surface area contributed by atoms with Gasteiger partial charge in [-0.1, -0.05) is 17.7 Å². The van der Waals surface area contributed by atoms with Gasteiger partial charge in [0.15, 0.2) is 0 Å². The summed E-state index contributed by atoms with van der Waals surface area (Å²) in [5.74, 6) is 0. The van der Waals surface area contributed by atoms with Crippen LogP contribution in [0.3, 0.4) is 0 Å². The van der Waals surface area contributed by atoms with Crippen molar-refractivity contribution in [2.45, 2.75) is 38.0 Å². The number of rotatable bonds is 7. The Kier molecular flexibility index (Phi) is 6.57. The van der Waals surface area contributed by atoms with Crippen LogP contribution in [0, 0.1) is 6.92 Å². The summed E-state index contributed by atoms with van der Waals surface area (Å²) in [5.41, 5.74) is 4.05. The van der Waals surface area contributed by atoms with Gasteiger partial charge in [0.2, 0.25) is 10.0 Å². The minimum absolute atomic E-state index is 0.326. The lowest BCUT2D eigenvalue weighted by molar-refractivity contribution is 0.577. The number of nitrogens with one attached hydrogen (secondary N) is 1. The van der Waals surface area contributed by atoms with Crippen LogP contribution in [0.1, 0.15) is 31.7 Å². The molecular formula is C15H21NO2S. The van der Waals surface area contributed by atoms with Crippen LogP contribution in [-0.2, 0) is 10.0 Å². The van der Waals surface area contributed by atoms with Crippen LogP contribution in [0.2, 0.25) is 0 Å². The molecule has 0 atom stereocenters. The van der Waals surface area contributed by atoms with E-state index < -0.39 is 10.0 Å². The molecule has 3 nitrogen and oxygen atoms in total. The third-order valence-electron chi connectivity index (χ3n) is 2.68. The Balaban J connectivity index is 2.39. The van der Waals surface area contributed by atoms with Gasteiger partial charge in [-0.15, -0.1) is 5.73 Å². The molecule has 0 bridgehead atoms. The first kappa shape index (κ1) is 15.7. The molecule has 0 amide bonds. The first-order chi connectivity index (χ1) is 9.06. The Morgan fingerprint density at radius 2 is 1.89 bits per heavy atom. The lowest BCUT2D eigenvalue weighted by Gasteiger charge is -2.06. The predicted octanol–water partition coefficient (Wildman–Crippen LogP) is 3.17. The molecule has 0 aromatic heterocycles. The number of aryl methyl sites for hydroxylation is 1. The molecule has 0 spiro atoms. The Morgan fingerprint density at radius 3 is 2.53 bits per heavy atom. The largest absolute Gasteiger partial charge is 0.240 e. The van der Waals surface area contributed by atoms with Crippen molar-refractivity contribution in [1.29, 1.82) is 0 Å². The average molecular weight is 279 g/mol. The van der Waals surface area contributed by atoms with Crippen LogP contribution in [0.4, 0.5) is 0 Å². The normalized spacial score (nSPS) is 10.8.